The summed E-state index contributed by atoms with van der Waals surface area (Å²) in [4.78, 5) is 3.99. The Morgan fingerprint density at radius 1 is 1.00 bits per heavy atom. The zero-order chi connectivity index (χ0) is 21.3. The lowest BCUT2D eigenvalue weighted by Crippen LogP contribution is -3.15. The van der Waals surface area contributed by atoms with Gasteiger partial charge < -0.3 is 9.80 Å². The molecule has 0 spiro atoms. The van der Waals surface area contributed by atoms with Gasteiger partial charge in [0.05, 0.1) is 32.2 Å². The average Bonchev–Trinajstić information content (AvgIpc) is 3.22. The molecule has 0 aliphatic carbocycles. The number of quaternary nitrogens is 1. The van der Waals surface area contributed by atoms with Gasteiger partial charge >= 0.3 is 0 Å². The number of hydrogen-bond acceptors (Lipinski definition) is 4. The minimum atomic E-state index is 0.0837. The summed E-state index contributed by atoms with van der Waals surface area (Å²) in [5, 5.41) is 13.5. The van der Waals surface area contributed by atoms with E-state index in [2.05, 4.69) is 78.5 Å². The van der Waals surface area contributed by atoms with Crippen molar-refractivity contribution in [2.24, 2.45) is 0 Å². The van der Waals surface area contributed by atoms with Crippen LogP contribution in [0, 0.1) is 13.8 Å². The van der Waals surface area contributed by atoms with E-state index in [0.29, 0.717) is 0 Å². The normalized spacial score (nSPS) is 16.3. The number of aryl methyl sites for hydroxylation is 2. The van der Waals surface area contributed by atoms with Gasteiger partial charge in [0.25, 0.3) is 0 Å². The number of aromatic nitrogens is 4. The van der Waals surface area contributed by atoms with Crippen molar-refractivity contribution in [3.63, 3.8) is 0 Å². The molecule has 1 N–H and O–H groups in total. The summed E-state index contributed by atoms with van der Waals surface area (Å²) in [6, 6.07) is 15.1. The van der Waals surface area contributed by atoms with Gasteiger partial charge in [-0.25, -0.2) is 4.68 Å². The van der Waals surface area contributed by atoms with Gasteiger partial charge in [0.1, 0.15) is 0 Å². The van der Waals surface area contributed by atoms with Crippen molar-refractivity contribution in [1.29, 1.82) is 0 Å². The van der Waals surface area contributed by atoms with Crippen LogP contribution in [0.15, 0.2) is 42.5 Å². The van der Waals surface area contributed by atoms with Crippen molar-refractivity contribution in [3.8, 4) is 0 Å². The summed E-state index contributed by atoms with van der Waals surface area (Å²) in [6.07, 6.45) is 0. The molecule has 1 aliphatic heterocycles. The molecule has 0 amide bonds. The predicted octanol–water partition coefficient (Wildman–Crippen LogP) is 3.02. The van der Waals surface area contributed by atoms with E-state index < -0.39 is 0 Å². The Morgan fingerprint density at radius 3 is 2.37 bits per heavy atom. The van der Waals surface area contributed by atoms with Gasteiger partial charge in [0.15, 0.2) is 6.04 Å². The maximum absolute atomic E-state index is 6.16. The van der Waals surface area contributed by atoms with Crippen LogP contribution < -0.4 is 9.80 Å². The molecule has 1 fully saturated rings. The second-order valence-corrected chi connectivity index (χ2v) is 8.93. The Balaban J connectivity index is 1.62. The van der Waals surface area contributed by atoms with E-state index in [1.54, 1.807) is 0 Å². The monoisotopic (exact) mass is 425 g/mol. The Labute approximate surface area is 183 Å². The lowest BCUT2D eigenvalue weighted by Gasteiger charge is -2.38. The summed E-state index contributed by atoms with van der Waals surface area (Å²) >= 11 is 6.16. The second-order valence-electron chi connectivity index (χ2n) is 8.50. The molecule has 1 aromatic heterocycles. The largest absolute Gasteiger partial charge is 0.360 e. The Morgan fingerprint density at radius 2 is 1.70 bits per heavy atom. The average molecular weight is 426 g/mol. The summed E-state index contributed by atoms with van der Waals surface area (Å²) in [6.45, 7) is 12.6. The van der Waals surface area contributed by atoms with Crippen LogP contribution in [-0.2, 0) is 0 Å². The van der Waals surface area contributed by atoms with Crippen molar-refractivity contribution in [2.45, 2.75) is 39.8 Å². The predicted molar refractivity (Wildman–Crippen MR) is 120 cm³/mol. The third kappa shape index (κ3) is 4.20. The molecule has 0 unspecified atom stereocenters. The van der Waals surface area contributed by atoms with Gasteiger partial charge in [0.2, 0.25) is 5.82 Å². The zero-order valence-electron chi connectivity index (χ0n) is 18.1. The van der Waals surface area contributed by atoms with Crippen molar-refractivity contribution in [2.75, 3.05) is 31.1 Å². The van der Waals surface area contributed by atoms with Crippen molar-refractivity contribution in [3.05, 3.63) is 70.0 Å². The molecule has 0 radical (unpaired) electrons. The third-order valence-corrected chi connectivity index (χ3v) is 6.24. The molecule has 1 saturated heterocycles. The van der Waals surface area contributed by atoms with E-state index in [0.717, 1.165) is 37.0 Å². The van der Waals surface area contributed by atoms with Crippen molar-refractivity contribution >= 4 is 17.3 Å². The number of hydrogen-bond donors (Lipinski definition) is 1. The molecule has 0 bridgehead atoms. The number of nitrogens with zero attached hydrogens (tertiary/aromatic N) is 5. The first-order chi connectivity index (χ1) is 14.4. The van der Waals surface area contributed by atoms with E-state index >= 15 is 0 Å². The van der Waals surface area contributed by atoms with Crippen LogP contribution in [0.4, 0.5) is 5.69 Å². The maximum Gasteiger partial charge on any atom is 0.214 e. The van der Waals surface area contributed by atoms with Crippen molar-refractivity contribution in [1.82, 2.24) is 20.2 Å². The second kappa shape index (κ2) is 8.74. The molecule has 2 heterocycles. The number of nitrogens with one attached hydrogen (secondary N) is 1. The molecule has 6 nitrogen and oxygen atoms in total. The standard InChI is InChI=1S/C23H29ClN6/c1-16(2)30-23(25-26-27-30)22(19-7-9-20(24)10-8-19)29-13-11-28(12-14-29)21-15-17(3)5-6-18(21)4/h5-10,15-16,22H,11-14H2,1-4H3/p+1/t22-/m1/s1. The molecule has 30 heavy (non-hydrogen) atoms. The molecular formula is C23H30ClN6+. The highest BCUT2D eigenvalue weighted by Gasteiger charge is 2.34. The van der Waals surface area contributed by atoms with Gasteiger partial charge in [-0.3, -0.25) is 0 Å². The number of piperazine rings is 1. The molecule has 7 heteroatoms. The topological polar surface area (TPSA) is 51.3 Å². The number of rotatable bonds is 5. The maximum atomic E-state index is 6.16. The highest BCUT2D eigenvalue weighted by molar-refractivity contribution is 6.30. The molecule has 1 atom stereocenters. The molecular weight excluding hydrogens is 396 g/mol. The molecule has 3 aromatic rings. The van der Waals surface area contributed by atoms with E-state index in [4.69, 9.17) is 11.6 Å². The molecule has 2 aromatic carbocycles. The quantitative estimate of drug-likeness (QED) is 0.682. The number of halogens is 1. The fourth-order valence-electron chi connectivity index (χ4n) is 4.36. The van der Waals surface area contributed by atoms with Crippen LogP contribution >= 0.6 is 11.6 Å². The van der Waals surface area contributed by atoms with Crippen LogP contribution in [0.3, 0.4) is 0 Å². The molecule has 158 valence electrons. The van der Waals surface area contributed by atoms with E-state index in [1.165, 1.54) is 27.3 Å². The lowest BCUT2D eigenvalue weighted by atomic mass is 10.0. The first-order valence-electron chi connectivity index (χ1n) is 10.6. The smallest absolute Gasteiger partial charge is 0.214 e. The van der Waals surface area contributed by atoms with E-state index in [9.17, 15) is 0 Å². The van der Waals surface area contributed by atoms with Crippen LogP contribution in [-0.4, -0.2) is 46.4 Å². The van der Waals surface area contributed by atoms with Gasteiger partial charge in [-0.15, -0.1) is 5.10 Å². The summed E-state index contributed by atoms with van der Waals surface area (Å²) in [7, 11) is 0. The first-order valence-corrected chi connectivity index (χ1v) is 11.0. The van der Waals surface area contributed by atoms with Crippen molar-refractivity contribution < 1.29 is 4.90 Å². The zero-order valence-corrected chi connectivity index (χ0v) is 18.9. The fourth-order valence-corrected chi connectivity index (χ4v) is 4.49. The van der Waals surface area contributed by atoms with Gasteiger partial charge in [-0.1, -0.05) is 35.9 Å². The van der Waals surface area contributed by atoms with Crippen LogP contribution in [0.1, 0.15) is 48.4 Å². The molecule has 1 aliphatic rings. The summed E-state index contributed by atoms with van der Waals surface area (Å²) in [5.41, 5.74) is 5.19. The Bertz CT molecular complexity index is 989. The Hall–Kier alpha value is -2.44. The summed E-state index contributed by atoms with van der Waals surface area (Å²) < 4.78 is 1.95. The SMILES string of the molecule is Cc1ccc(C)c(N2CC[NH+]([C@H](c3ccc(Cl)cc3)c3nnnn3C(C)C)CC2)c1. The van der Waals surface area contributed by atoms with Gasteiger partial charge in [-0.05, 0) is 67.4 Å². The third-order valence-electron chi connectivity index (χ3n) is 5.99. The number of anilines is 1. The number of tetrazole rings is 1. The van der Waals surface area contributed by atoms with E-state index in [-0.39, 0.29) is 12.1 Å². The fraction of sp³-hybridized carbons (Fsp3) is 0.435. The van der Waals surface area contributed by atoms with Crippen LogP contribution in [0.25, 0.3) is 0 Å². The van der Waals surface area contributed by atoms with E-state index in [1.807, 2.05) is 16.8 Å². The summed E-state index contributed by atoms with van der Waals surface area (Å²) in [5.74, 6) is 0.919. The van der Waals surface area contributed by atoms with Gasteiger partial charge in [-0.2, -0.15) is 0 Å². The first kappa shape index (κ1) is 20.8. The Kier molecular flexibility index (Phi) is 6.06. The minimum Gasteiger partial charge on any atom is -0.360 e. The van der Waals surface area contributed by atoms with Crippen LogP contribution in [0.5, 0.6) is 0 Å². The minimum absolute atomic E-state index is 0.0837. The van der Waals surface area contributed by atoms with Gasteiger partial charge in [0, 0.05) is 16.3 Å². The highest BCUT2D eigenvalue weighted by atomic mass is 35.5. The van der Waals surface area contributed by atoms with Crippen LogP contribution in [0.2, 0.25) is 5.02 Å². The number of benzene rings is 2. The molecule has 4 rings (SSSR count). The lowest BCUT2D eigenvalue weighted by molar-refractivity contribution is -0.927. The molecule has 0 saturated carbocycles. The highest BCUT2D eigenvalue weighted by Crippen LogP contribution is 2.24.